The van der Waals surface area contributed by atoms with E-state index in [9.17, 15) is 4.79 Å². The van der Waals surface area contributed by atoms with Gasteiger partial charge in [-0.15, -0.1) is 0 Å². The second-order valence-corrected chi connectivity index (χ2v) is 3.51. The highest BCUT2D eigenvalue weighted by Crippen LogP contribution is 2.19. The van der Waals surface area contributed by atoms with Crippen LogP contribution >= 0.6 is 0 Å². The third-order valence-corrected chi connectivity index (χ3v) is 2.18. The largest absolute Gasteiger partial charge is 0.481 e. The van der Waals surface area contributed by atoms with Crippen molar-refractivity contribution in [1.29, 1.82) is 0 Å². The third-order valence-electron chi connectivity index (χ3n) is 2.18. The molecular weight excluding hydrogens is 222 g/mol. The van der Waals surface area contributed by atoms with Gasteiger partial charge < -0.3 is 15.2 Å². The molecule has 0 saturated heterocycles. The molecule has 0 aliphatic heterocycles. The molecule has 0 amide bonds. The Bertz CT molecular complexity index is 382. The van der Waals surface area contributed by atoms with Crippen LogP contribution in [0.5, 0.6) is 5.88 Å². The predicted molar refractivity (Wildman–Crippen MR) is 63.3 cm³/mol. The number of nitrogens with zero attached hydrogens (tertiary/aromatic N) is 2. The number of rotatable bonds is 7. The van der Waals surface area contributed by atoms with E-state index in [0.717, 1.165) is 5.56 Å². The monoisotopic (exact) mass is 239 g/mol. The summed E-state index contributed by atoms with van der Waals surface area (Å²) >= 11 is 0. The fourth-order valence-corrected chi connectivity index (χ4v) is 1.34. The zero-order valence-electron chi connectivity index (χ0n) is 10.1. The molecule has 0 aromatic carbocycles. The van der Waals surface area contributed by atoms with Crippen LogP contribution in [0.25, 0.3) is 0 Å². The van der Waals surface area contributed by atoms with E-state index >= 15 is 0 Å². The van der Waals surface area contributed by atoms with Gasteiger partial charge in [-0.2, -0.15) is 0 Å². The lowest BCUT2D eigenvalue weighted by atomic mass is 10.3. The SMILES string of the molecule is CCOc1ncnc(NCCCC(=O)O)c1C. The first kappa shape index (κ1) is 13.2. The number of carbonyl (C=O) groups is 1. The van der Waals surface area contributed by atoms with E-state index in [2.05, 4.69) is 15.3 Å². The minimum Gasteiger partial charge on any atom is -0.481 e. The molecule has 0 atom stereocenters. The topological polar surface area (TPSA) is 84.3 Å². The molecule has 6 heteroatoms. The molecule has 1 rings (SSSR count). The zero-order chi connectivity index (χ0) is 12.7. The standard InChI is InChI=1S/C11H17N3O3/c1-3-17-11-8(2)10(13-7-14-11)12-6-4-5-9(15)16/h7H,3-6H2,1-2H3,(H,15,16)(H,12,13,14). The van der Waals surface area contributed by atoms with Crippen molar-refractivity contribution in [3.05, 3.63) is 11.9 Å². The maximum absolute atomic E-state index is 10.3. The Labute approximate surface area is 100 Å². The van der Waals surface area contributed by atoms with E-state index in [1.54, 1.807) is 0 Å². The Morgan fingerprint density at radius 2 is 2.29 bits per heavy atom. The van der Waals surface area contributed by atoms with Crippen molar-refractivity contribution in [2.75, 3.05) is 18.5 Å². The molecule has 0 aliphatic rings. The van der Waals surface area contributed by atoms with Gasteiger partial charge in [-0.3, -0.25) is 4.79 Å². The molecule has 1 aromatic rings. The molecule has 0 bridgehead atoms. The molecule has 0 fully saturated rings. The van der Waals surface area contributed by atoms with Crippen LogP contribution in [0.2, 0.25) is 0 Å². The summed E-state index contributed by atoms with van der Waals surface area (Å²) in [6.45, 7) is 4.87. The van der Waals surface area contributed by atoms with Gasteiger partial charge in [0.05, 0.1) is 12.2 Å². The van der Waals surface area contributed by atoms with Gasteiger partial charge in [-0.05, 0) is 20.3 Å². The van der Waals surface area contributed by atoms with Crippen molar-refractivity contribution in [1.82, 2.24) is 9.97 Å². The Kier molecular flexibility index (Phi) is 5.19. The van der Waals surface area contributed by atoms with Crippen molar-refractivity contribution in [2.24, 2.45) is 0 Å². The van der Waals surface area contributed by atoms with Crippen LogP contribution in [-0.2, 0) is 4.79 Å². The highest BCUT2D eigenvalue weighted by Gasteiger charge is 2.07. The van der Waals surface area contributed by atoms with E-state index in [1.807, 2.05) is 13.8 Å². The van der Waals surface area contributed by atoms with Crippen LogP contribution in [0.4, 0.5) is 5.82 Å². The Hall–Kier alpha value is -1.85. The fourth-order valence-electron chi connectivity index (χ4n) is 1.34. The average molecular weight is 239 g/mol. The average Bonchev–Trinajstić information content (AvgIpc) is 2.29. The van der Waals surface area contributed by atoms with Crippen molar-refractivity contribution in [2.45, 2.75) is 26.7 Å². The van der Waals surface area contributed by atoms with Gasteiger partial charge in [0, 0.05) is 13.0 Å². The number of carboxylic acids is 1. The van der Waals surface area contributed by atoms with Gasteiger partial charge in [-0.1, -0.05) is 0 Å². The van der Waals surface area contributed by atoms with Crippen molar-refractivity contribution in [3.63, 3.8) is 0 Å². The molecule has 94 valence electrons. The lowest BCUT2D eigenvalue weighted by molar-refractivity contribution is -0.137. The third kappa shape index (κ3) is 4.26. The summed E-state index contributed by atoms with van der Waals surface area (Å²) in [6, 6.07) is 0. The molecule has 0 spiro atoms. The number of hydrogen-bond acceptors (Lipinski definition) is 5. The number of nitrogens with one attached hydrogen (secondary N) is 1. The van der Waals surface area contributed by atoms with Crippen LogP contribution in [0, 0.1) is 6.92 Å². The van der Waals surface area contributed by atoms with Gasteiger partial charge in [-0.25, -0.2) is 9.97 Å². The van der Waals surface area contributed by atoms with Crippen molar-refractivity contribution in [3.8, 4) is 5.88 Å². The molecular formula is C11H17N3O3. The normalized spacial score (nSPS) is 10.0. The fraction of sp³-hybridized carbons (Fsp3) is 0.545. The Balaban J connectivity index is 2.53. The predicted octanol–water partition coefficient (Wildman–Crippen LogP) is 1.46. The lowest BCUT2D eigenvalue weighted by Gasteiger charge is -2.10. The summed E-state index contributed by atoms with van der Waals surface area (Å²) in [4.78, 5) is 18.4. The van der Waals surface area contributed by atoms with Gasteiger partial charge in [0.25, 0.3) is 0 Å². The van der Waals surface area contributed by atoms with Crippen LogP contribution in [-0.4, -0.2) is 34.2 Å². The number of ether oxygens (including phenoxy) is 1. The second-order valence-electron chi connectivity index (χ2n) is 3.51. The molecule has 17 heavy (non-hydrogen) atoms. The quantitative estimate of drug-likeness (QED) is 0.701. The van der Waals surface area contributed by atoms with Gasteiger partial charge >= 0.3 is 5.97 Å². The summed E-state index contributed by atoms with van der Waals surface area (Å²) < 4.78 is 5.34. The van der Waals surface area contributed by atoms with Crippen molar-refractivity contribution >= 4 is 11.8 Å². The van der Waals surface area contributed by atoms with Crippen LogP contribution in [0.3, 0.4) is 0 Å². The summed E-state index contributed by atoms with van der Waals surface area (Å²) in [5.74, 6) is 0.457. The van der Waals surface area contributed by atoms with Gasteiger partial charge in [0.15, 0.2) is 0 Å². The number of hydrogen-bond donors (Lipinski definition) is 2. The smallest absolute Gasteiger partial charge is 0.303 e. The maximum Gasteiger partial charge on any atom is 0.303 e. The molecule has 0 unspecified atom stereocenters. The molecule has 0 aliphatic carbocycles. The molecule has 0 radical (unpaired) electrons. The first-order chi connectivity index (χ1) is 8.15. The number of aliphatic carboxylic acids is 1. The maximum atomic E-state index is 10.3. The van der Waals surface area contributed by atoms with Crippen LogP contribution in [0.15, 0.2) is 6.33 Å². The zero-order valence-corrected chi connectivity index (χ0v) is 10.1. The lowest BCUT2D eigenvalue weighted by Crippen LogP contribution is -2.09. The number of anilines is 1. The molecule has 2 N–H and O–H groups in total. The molecule has 0 saturated carbocycles. The van der Waals surface area contributed by atoms with Crippen LogP contribution < -0.4 is 10.1 Å². The second kappa shape index (κ2) is 6.67. The number of carboxylic acid groups (broad SMARTS) is 1. The summed E-state index contributed by atoms with van der Waals surface area (Å²) in [5, 5.41) is 11.6. The number of aromatic nitrogens is 2. The molecule has 1 aromatic heterocycles. The Morgan fingerprint density at radius 3 is 2.94 bits per heavy atom. The minimum absolute atomic E-state index is 0.148. The molecule has 1 heterocycles. The van der Waals surface area contributed by atoms with Gasteiger partial charge in [0.1, 0.15) is 12.1 Å². The first-order valence-electron chi connectivity index (χ1n) is 5.55. The molecule has 6 nitrogen and oxygen atoms in total. The van der Waals surface area contributed by atoms with E-state index in [4.69, 9.17) is 9.84 Å². The van der Waals surface area contributed by atoms with Crippen molar-refractivity contribution < 1.29 is 14.6 Å². The Morgan fingerprint density at radius 1 is 1.53 bits per heavy atom. The minimum atomic E-state index is -0.791. The highest BCUT2D eigenvalue weighted by molar-refractivity contribution is 5.66. The van der Waals surface area contributed by atoms with E-state index in [-0.39, 0.29) is 6.42 Å². The highest BCUT2D eigenvalue weighted by atomic mass is 16.5. The van der Waals surface area contributed by atoms with E-state index < -0.39 is 5.97 Å². The first-order valence-corrected chi connectivity index (χ1v) is 5.55. The summed E-state index contributed by atoms with van der Waals surface area (Å²) in [7, 11) is 0. The van der Waals surface area contributed by atoms with E-state index in [0.29, 0.717) is 31.3 Å². The summed E-state index contributed by atoms with van der Waals surface area (Å²) in [6.07, 6.45) is 2.13. The summed E-state index contributed by atoms with van der Waals surface area (Å²) in [5.41, 5.74) is 0.838. The van der Waals surface area contributed by atoms with E-state index in [1.165, 1.54) is 6.33 Å². The van der Waals surface area contributed by atoms with Gasteiger partial charge in [0.2, 0.25) is 5.88 Å². The van der Waals surface area contributed by atoms with Crippen LogP contribution in [0.1, 0.15) is 25.3 Å².